The topological polar surface area (TPSA) is 34.2 Å². The van der Waals surface area contributed by atoms with Gasteiger partial charge in [0.25, 0.3) is 0 Å². The molecule has 150 valence electrons. The zero-order chi connectivity index (χ0) is 19.2. The van der Waals surface area contributed by atoms with Crippen molar-refractivity contribution in [3.05, 3.63) is 59.7 Å². The van der Waals surface area contributed by atoms with Crippen LogP contribution >= 0.6 is 12.6 Å². The largest absolute Gasteiger partial charge is 0.454 e. The molecule has 28 heavy (non-hydrogen) atoms. The summed E-state index contributed by atoms with van der Waals surface area (Å²) in [5.41, 5.74) is 2.49. The summed E-state index contributed by atoms with van der Waals surface area (Å²) in [7, 11) is 0. The minimum atomic E-state index is 0.240. The van der Waals surface area contributed by atoms with Gasteiger partial charge in [0.2, 0.25) is 6.79 Å². The number of nitrogens with zero attached hydrogens (tertiary/aromatic N) is 2. The second-order valence-corrected chi connectivity index (χ2v) is 8.15. The van der Waals surface area contributed by atoms with Gasteiger partial charge in [0, 0.05) is 44.5 Å². The molecular formula is C22H28N2O3S. The molecule has 0 aliphatic carbocycles. The molecule has 6 heteroatoms. The van der Waals surface area contributed by atoms with Crippen molar-refractivity contribution in [2.75, 3.05) is 46.1 Å². The van der Waals surface area contributed by atoms with E-state index in [1.54, 1.807) is 0 Å². The maximum atomic E-state index is 5.82. The number of thiol groups is 1. The molecule has 0 unspecified atom stereocenters. The third-order valence-electron chi connectivity index (χ3n) is 5.20. The summed E-state index contributed by atoms with van der Waals surface area (Å²) in [6.07, 6.45) is 0. The molecule has 2 heterocycles. The molecule has 1 fully saturated rings. The monoisotopic (exact) mass is 400 g/mol. The minimum absolute atomic E-state index is 0.240. The van der Waals surface area contributed by atoms with Gasteiger partial charge >= 0.3 is 0 Å². The van der Waals surface area contributed by atoms with Crippen LogP contribution in [0.3, 0.4) is 0 Å². The molecule has 2 aliphatic rings. The van der Waals surface area contributed by atoms with Crippen LogP contribution < -0.4 is 9.47 Å². The SMILES string of the molecule is S[C@H](COCc1ccccc1)CN1CCN(Cc2ccc3c(c2)OCO3)CC1. The van der Waals surface area contributed by atoms with Crippen LogP contribution in [0.4, 0.5) is 0 Å². The van der Waals surface area contributed by atoms with Gasteiger partial charge in [0.1, 0.15) is 0 Å². The zero-order valence-electron chi connectivity index (χ0n) is 16.1. The van der Waals surface area contributed by atoms with Crippen LogP contribution in [0.5, 0.6) is 11.5 Å². The van der Waals surface area contributed by atoms with E-state index in [4.69, 9.17) is 26.8 Å². The Kier molecular flexibility index (Phi) is 6.75. The van der Waals surface area contributed by atoms with E-state index < -0.39 is 0 Å². The van der Waals surface area contributed by atoms with Crippen molar-refractivity contribution in [2.45, 2.75) is 18.4 Å². The molecule has 2 aromatic carbocycles. The minimum Gasteiger partial charge on any atom is -0.454 e. The molecule has 0 saturated carbocycles. The van der Waals surface area contributed by atoms with E-state index in [9.17, 15) is 0 Å². The zero-order valence-corrected chi connectivity index (χ0v) is 17.0. The van der Waals surface area contributed by atoms with Gasteiger partial charge in [0.15, 0.2) is 11.5 Å². The van der Waals surface area contributed by atoms with Gasteiger partial charge in [-0.3, -0.25) is 9.80 Å². The second kappa shape index (κ2) is 9.65. The molecule has 0 amide bonds. The van der Waals surface area contributed by atoms with Crippen LogP contribution in [0.25, 0.3) is 0 Å². The van der Waals surface area contributed by atoms with Crippen LogP contribution in [0.1, 0.15) is 11.1 Å². The first-order valence-electron chi connectivity index (χ1n) is 9.89. The Morgan fingerprint density at radius 2 is 1.64 bits per heavy atom. The molecule has 0 aromatic heterocycles. The fourth-order valence-corrected chi connectivity index (χ4v) is 4.00. The van der Waals surface area contributed by atoms with Crippen molar-refractivity contribution < 1.29 is 14.2 Å². The number of ether oxygens (including phenoxy) is 3. The molecule has 0 spiro atoms. The highest BCUT2D eigenvalue weighted by Crippen LogP contribution is 2.32. The van der Waals surface area contributed by atoms with Crippen molar-refractivity contribution in [1.82, 2.24) is 9.80 Å². The summed E-state index contributed by atoms with van der Waals surface area (Å²) in [6.45, 7) is 7.86. The van der Waals surface area contributed by atoms with E-state index in [-0.39, 0.29) is 5.25 Å². The van der Waals surface area contributed by atoms with Crippen molar-refractivity contribution >= 4 is 12.6 Å². The molecule has 4 rings (SSSR count). The molecule has 0 N–H and O–H groups in total. The average Bonchev–Trinajstić information content (AvgIpc) is 3.18. The highest BCUT2D eigenvalue weighted by atomic mass is 32.1. The summed E-state index contributed by atoms with van der Waals surface area (Å²) in [4.78, 5) is 4.98. The van der Waals surface area contributed by atoms with Gasteiger partial charge in [-0.15, -0.1) is 0 Å². The van der Waals surface area contributed by atoms with E-state index in [1.165, 1.54) is 11.1 Å². The van der Waals surface area contributed by atoms with Crippen LogP contribution in [0, 0.1) is 0 Å². The lowest BCUT2D eigenvalue weighted by Gasteiger charge is -2.35. The predicted molar refractivity (Wildman–Crippen MR) is 113 cm³/mol. The molecule has 0 bridgehead atoms. The average molecular weight is 401 g/mol. The second-order valence-electron chi connectivity index (χ2n) is 7.42. The van der Waals surface area contributed by atoms with E-state index >= 15 is 0 Å². The molecule has 2 aromatic rings. The molecule has 5 nitrogen and oxygen atoms in total. The van der Waals surface area contributed by atoms with Crippen molar-refractivity contribution in [1.29, 1.82) is 0 Å². The van der Waals surface area contributed by atoms with E-state index in [0.717, 1.165) is 50.8 Å². The van der Waals surface area contributed by atoms with Crippen molar-refractivity contribution in [3.8, 4) is 11.5 Å². The Balaban J connectivity index is 1.15. The van der Waals surface area contributed by atoms with Gasteiger partial charge < -0.3 is 14.2 Å². The maximum absolute atomic E-state index is 5.82. The lowest BCUT2D eigenvalue weighted by molar-refractivity contribution is 0.0941. The van der Waals surface area contributed by atoms with E-state index in [1.807, 2.05) is 24.3 Å². The molecule has 1 saturated heterocycles. The normalized spacial score (nSPS) is 18.3. The Bertz CT molecular complexity index is 751. The third-order valence-corrected chi connectivity index (χ3v) is 5.51. The summed E-state index contributed by atoms with van der Waals surface area (Å²) in [5, 5.41) is 0.240. The van der Waals surface area contributed by atoms with Gasteiger partial charge in [-0.1, -0.05) is 36.4 Å². The van der Waals surface area contributed by atoms with Crippen molar-refractivity contribution in [2.24, 2.45) is 0 Å². The molecular weight excluding hydrogens is 372 g/mol. The van der Waals surface area contributed by atoms with E-state index in [2.05, 4.69) is 34.1 Å². The summed E-state index contributed by atoms with van der Waals surface area (Å²) in [6, 6.07) is 16.5. The number of benzene rings is 2. The van der Waals surface area contributed by atoms with Crippen LogP contribution in [-0.2, 0) is 17.9 Å². The standard InChI is InChI=1S/C22H28N2O3S/c28-20(16-25-15-18-4-2-1-3-5-18)14-24-10-8-23(9-11-24)13-19-6-7-21-22(12-19)27-17-26-21/h1-7,12,20,28H,8-11,13-17H2/t20-/m0/s1. The third kappa shape index (κ3) is 5.41. The first kappa shape index (κ1) is 19.6. The van der Waals surface area contributed by atoms with Crippen molar-refractivity contribution in [3.63, 3.8) is 0 Å². The highest BCUT2D eigenvalue weighted by molar-refractivity contribution is 7.81. The fraction of sp³-hybridized carbons (Fsp3) is 0.455. The molecule has 0 radical (unpaired) electrons. The van der Waals surface area contributed by atoms with E-state index in [0.29, 0.717) is 20.0 Å². The Morgan fingerprint density at radius 1 is 0.893 bits per heavy atom. The Morgan fingerprint density at radius 3 is 2.46 bits per heavy atom. The van der Waals surface area contributed by atoms with Gasteiger partial charge in [-0.05, 0) is 23.3 Å². The first-order valence-corrected chi connectivity index (χ1v) is 10.4. The quantitative estimate of drug-likeness (QED) is 0.689. The smallest absolute Gasteiger partial charge is 0.231 e. The number of rotatable bonds is 8. The first-order chi connectivity index (χ1) is 13.8. The van der Waals surface area contributed by atoms with Gasteiger partial charge in [0.05, 0.1) is 13.2 Å². The Labute approximate surface area is 172 Å². The number of piperazine rings is 1. The Hall–Kier alpha value is -1.73. The maximum Gasteiger partial charge on any atom is 0.231 e. The summed E-state index contributed by atoms with van der Waals surface area (Å²) in [5.74, 6) is 1.72. The fourth-order valence-electron chi connectivity index (χ4n) is 3.67. The lowest BCUT2D eigenvalue weighted by atomic mass is 10.1. The number of fused-ring (bicyclic) bond motifs is 1. The van der Waals surface area contributed by atoms with Crippen LogP contribution in [0.15, 0.2) is 48.5 Å². The molecule has 1 atom stereocenters. The summed E-state index contributed by atoms with van der Waals surface area (Å²) >= 11 is 4.72. The summed E-state index contributed by atoms with van der Waals surface area (Å²) < 4.78 is 16.7. The number of hydrogen-bond acceptors (Lipinski definition) is 6. The highest BCUT2D eigenvalue weighted by Gasteiger charge is 2.20. The van der Waals surface area contributed by atoms with Crippen LogP contribution in [-0.4, -0.2) is 61.2 Å². The lowest BCUT2D eigenvalue weighted by Crippen LogP contribution is -2.48. The predicted octanol–water partition coefficient (Wildman–Crippen LogP) is 3.05. The van der Waals surface area contributed by atoms with Gasteiger partial charge in [-0.25, -0.2) is 0 Å². The van der Waals surface area contributed by atoms with Gasteiger partial charge in [-0.2, -0.15) is 12.6 Å². The number of hydrogen-bond donors (Lipinski definition) is 1. The molecule has 2 aliphatic heterocycles. The van der Waals surface area contributed by atoms with Crippen LogP contribution in [0.2, 0.25) is 0 Å².